The van der Waals surface area contributed by atoms with Gasteiger partial charge in [-0.15, -0.1) is 11.3 Å². The number of thiazole rings is 1. The molecule has 168 valence electrons. The molecule has 6 nitrogen and oxygen atoms in total. The molecule has 2 aromatic heterocycles. The summed E-state index contributed by atoms with van der Waals surface area (Å²) in [7, 11) is 0. The molecule has 8 heteroatoms. The van der Waals surface area contributed by atoms with E-state index in [4.69, 9.17) is 16.6 Å². The number of anilines is 2. The maximum atomic E-state index is 9.71. The van der Waals surface area contributed by atoms with Crippen LogP contribution in [0.15, 0.2) is 48.7 Å². The van der Waals surface area contributed by atoms with Crippen molar-refractivity contribution in [3.63, 3.8) is 0 Å². The molecular weight excluding hydrogens is 464 g/mol. The SMILES string of the molecule is Cc1cnc(-c2ccc(Nc3nc4c(s3)CCCC4(CC#N)c3ccc(Cl)cc3)cc2C#N)[nH]1. The zero-order chi connectivity index (χ0) is 23.7. The van der Waals surface area contributed by atoms with E-state index in [-0.39, 0.29) is 0 Å². The number of aryl methyl sites for hydroxylation is 2. The van der Waals surface area contributed by atoms with E-state index in [1.54, 1.807) is 17.5 Å². The molecule has 2 heterocycles. The number of benzene rings is 2. The highest BCUT2D eigenvalue weighted by Crippen LogP contribution is 2.47. The van der Waals surface area contributed by atoms with Gasteiger partial charge in [0.15, 0.2) is 5.13 Å². The van der Waals surface area contributed by atoms with E-state index < -0.39 is 5.41 Å². The predicted molar refractivity (Wildman–Crippen MR) is 134 cm³/mol. The Morgan fingerprint density at radius 3 is 2.74 bits per heavy atom. The Bertz CT molecular complexity index is 1440. The minimum absolute atomic E-state index is 0.362. The van der Waals surface area contributed by atoms with Gasteiger partial charge in [-0.1, -0.05) is 23.7 Å². The first kappa shape index (κ1) is 22.2. The van der Waals surface area contributed by atoms with Crippen LogP contribution in [0, 0.1) is 29.6 Å². The summed E-state index contributed by atoms with van der Waals surface area (Å²) in [5.41, 5.74) is 4.61. The van der Waals surface area contributed by atoms with Crippen molar-refractivity contribution < 1.29 is 0 Å². The molecule has 2 N–H and O–H groups in total. The number of H-pyrrole nitrogens is 1. The zero-order valence-electron chi connectivity index (χ0n) is 18.5. The van der Waals surface area contributed by atoms with E-state index in [1.165, 1.54) is 4.88 Å². The Labute approximate surface area is 206 Å². The van der Waals surface area contributed by atoms with Gasteiger partial charge < -0.3 is 10.3 Å². The number of nitrogens with one attached hydrogen (secondary N) is 2. The predicted octanol–water partition coefficient (Wildman–Crippen LogP) is 6.65. The molecule has 1 aliphatic rings. The Kier molecular flexibility index (Phi) is 5.83. The number of aromatic amines is 1. The van der Waals surface area contributed by atoms with Crippen molar-refractivity contribution in [1.82, 2.24) is 15.0 Å². The molecule has 1 aliphatic carbocycles. The zero-order valence-corrected chi connectivity index (χ0v) is 20.1. The minimum atomic E-state index is -0.442. The van der Waals surface area contributed by atoms with E-state index in [1.807, 2.05) is 49.4 Å². The summed E-state index contributed by atoms with van der Waals surface area (Å²) in [5.74, 6) is 0.676. The molecule has 0 aliphatic heterocycles. The molecule has 0 fully saturated rings. The summed E-state index contributed by atoms with van der Waals surface area (Å²) in [6.45, 7) is 1.93. The number of halogens is 1. The van der Waals surface area contributed by atoms with Crippen LogP contribution in [0.4, 0.5) is 10.8 Å². The van der Waals surface area contributed by atoms with Crippen molar-refractivity contribution in [3.05, 3.63) is 81.1 Å². The molecule has 0 bridgehead atoms. The third kappa shape index (κ3) is 3.94. The number of fused-ring (bicyclic) bond motifs is 1. The molecule has 0 radical (unpaired) electrons. The number of rotatable bonds is 5. The average Bonchev–Trinajstić information content (AvgIpc) is 3.46. The van der Waals surface area contributed by atoms with Gasteiger partial charge in [-0.3, -0.25) is 0 Å². The molecule has 0 spiro atoms. The summed E-state index contributed by atoms with van der Waals surface area (Å²) in [4.78, 5) is 13.7. The van der Waals surface area contributed by atoms with Gasteiger partial charge in [-0.25, -0.2) is 9.97 Å². The fraction of sp³-hybridized carbons (Fsp3) is 0.231. The molecule has 1 unspecified atom stereocenters. The molecule has 2 aromatic carbocycles. The van der Waals surface area contributed by atoms with Gasteiger partial charge >= 0.3 is 0 Å². The van der Waals surface area contributed by atoms with Gasteiger partial charge in [0.25, 0.3) is 0 Å². The van der Waals surface area contributed by atoms with Crippen LogP contribution in [0.5, 0.6) is 0 Å². The molecule has 4 aromatic rings. The standard InChI is InChI=1S/C26H21ClN6S/c1-16-15-30-24(31-16)21-9-8-20(13-17(21)14-29)32-25-33-23-22(34-25)3-2-10-26(23,11-12-28)18-4-6-19(27)7-5-18/h4-9,13,15H,2-3,10-11H2,1H3,(H,30,31)(H,32,33). The second kappa shape index (κ2) is 8.95. The Morgan fingerprint density at radius 1 is 1.21 bits per heavy atom. The molecule has 0 saturated heterocycles. The van der Waals surface area contributed by atoms with Crippen LogP contribution >= 0.6 is 22.9 Å². The lowest BCUT2D eigenvalue weighted by Gasteiger charge is -2.35. The van der Waals surface area contributed by atoms with Crippen molar-refractivity contribution in [2.24, 2.45) is 0 Å². The van der Waals surface area contributed by atoms with Crippen molar-refractivity contribution in [3.8, 4) is 23.5 Å². The maximum Gasteiger partial charge on any atom is 0.187 e. The van der Waals surface area contributed by atoms with Crippen LogP contribution in [-0.2, 0) is 11.8 Å². The van der Waals surface area contributed by atoms with Crippen LogP contribution in [0.3, 0.4) is 0 Å². The van der Waals surface area contributed by atoms with Gasteiger partial charge in [0.1, 0.15) is 5.82 Å². The molecule has 0 saturated carbocycles. The van der Waals surface area contributed by atoms with Crippen molar-refractivity contribution in [2.75, 3.05) is 5.32 Å². The van der Waals surface area contributed by atoms with Crippen LogP contribution in [0.25, 0.3) is 11.4 Å². The Hall–Kier alpha value is -3.65. The second-order valence-corrected chi connectivity index (χ2v) is 10.0. The smallest absolute Gasteiger partial charge is 0.187 e. The highest BCUT2D eigenvalue weighted by atomic mass is 35.5. The van der Waals surface area contributed by atoms with Crippen molar-refractivity contribution in [2.45, 2.75) is 38.0 Å². The first-order valence-electron chi connectivity index (χ1n) is 11.0. The summed E-state index contributed by atoms with van der Waals surface area (Å²) in [6.07, 6.45) is 4.91. The Balaban J connectivity index is 1.50. The largest absolute Gasteiger partial charge is 0.342 e. The molecular formula is C26H21ClN6S. The third-order valence-electron chi connectivity index (χ3n) is 6.28. The van der Waals surface area contributed by atoms with E-state index in [0.717, 1.165) is 52.6 Å². The van der Waals surface area contributed by atoms with Gasteiger partial charge in [-0.05, 0) is 62.1 Å². The first-order chi connectivity index (χ1) is 16.5. The number of imidazole rings is 1. The normalized spacial score (nSPS) is 16.9. The maximum absolute atomic E-state index is 9.71. The third-order valence-corrected chi connectivity index (χ3v) is 7.57. The number of hydrogen-bond donors (Lipinski definition) is 2. The monoisotopic (exact) mass is 484 g/mol. The highest BCUT2D eigenvalue weighted by molar-refractivity contribution is 7.15. The lowest BCUT2D eigenvalue weighted by Crippen LogP contribution is -2.32. The van der Waals surface area contributed by atoms with Gasteiger partial charge in [0.2, 0.25) is 0 Å². The number of nitrogens with zero attached hydrogens (tertiary/aromatic N) is 4. The molecule has 34 heavy (non-hydrogen) atoms. The summed E-state index contributed by atoms with van der Waals surface area (Å²) < 4.78 is 0. The second-order valence-electron chi connectivity index (χ2n) is 8.48. The van der Waals surface area contributed by atoms with Crippen molar-refractivity contribution in [1.29, 1.82) is 10.5 Å². The lowest BCUT2D eigenvalue weighted by atomic mass is 9.68. The topological polar surface area (TPSA) is 101 Å². The molecule has 1 atom stereocenters. The summed E-state index contributed by atoms with van der Waals surface area (Å²) in [6, 6.07) is 18.1. The fourth-order valence-electron chi connectivity index (χ4n) is 4.67. The number of hydrogen-bond acceptors (Lipinski definition) is 6. The van der Waals surface area contributed by atoms with Crippen LogP contribution in [0.2, 0.25) is 5.02 Å². The highest BCUT2D eigenvalue weighted by Gasteiger charge is 2.41. The minimum Gasteiger partial charge on any atom is -0.342 e. The van der Waals surface area contributed by atoms with Gasteiger partial charge in [-0.2, -0.15) is 10.5 Å². The van der Waals surface area contributed by atoms with Crippen molar-refractivity contribution >= 4 is 33.8 Å². The Morgan fingerprint density at radius 2 is 2.03 bits per heavy atom. The summed E-state index contributed by atoms with van der Waals surface area (Å²) >= 11 is 7.74. The number of nitriles is 2. The molecule has 5 rings (SSSR count). The fourth-order valence-corrected chi connectivity index (χ4v) is 5.92. The van der Waals surface area contributed by atoms with E-state index >= 15 is 0 Å². The van der Waals surface area contributed by atoms with Gasteiger partial charge in [0, 0.05) is 33.0 Å². The lowest BCUT2D eigenvalue weighted by molar-refractivity contribution is 0.427. The van der Waals surface area contributed by atoms with Crippen LogP contribution in [0.1, 0.15) is 46.7 Å². The van der Waals surface area contributed by atoms with E-state index in [9.17, 15) is 10.5 Å². The molecule has 0 amide bonds. The van der Waals surface area contributed by atoms with Crippen LogP contribution < -0.4 is 5.32 Å². The summed E-state index contributed by atoms with van der Waals surface area (Å²) in [5, 5.41) is 24.2. The quantitative estimate of drug-likeness (QED) is 0.330. The number of aromatic nitrogens is 3. The average molecular weight is 485 g/mol. The first-order valence-corrected chi connectivity index (χ1v) is 12.2. The van der Waals surface area contributed by atoms with E-state index in [0.29, 0.717) is 22.8 Å². The van der Waals surface area contributed by atoms with E-state index in [2.05, 4.69) is 27.4 Å². The van der Waals surface area contributed by atoms with Gasteiger partial charge in [0.05, 0.1) is 35.2 Å². The van der Waals surface area contributed by atoms with Crippen LogP contribution in [-0.4, -0.2) is 15.0 Å².